The van der Waals surface area contributed by atoms with Crippen LogP contribution < -0.4 is 10.6 Å². The molecule has 0 aliphatic carbocycles. The summed E-state index contributed by atoms with van der Waals surface area (Å²) in [5.41, 5.74) is 0.634. The van der Waals surface area contributed by atoms with Crippen molar-refractivity contribution in [2.75, 3.05) is 25.0 Å². The van der Waals surface area contributed by atoms with Crippen LogP contribution in [-0.2, 0) is 0 Å². The van der Waals surface area contributed by atoms with Crippen molar-refractivity contribution in [2.24, 2.45) is 5.92 Å². The molecule has 3 rings (SSSR count). The maximum Gasteiger partial charge on any atom is 0.321 e. The number of urea groups is 1. The monoisotopic (exact) mass is 263 g/mol. The lowest BCUT2D eigenvalue weighted by Gasteiger charge is -2.24. The number of anilines is 1. The van der Waals surface area contributed by atoms with Crippen LogP contribution in [0.3, 0.4) is 0 Å². The Bertz CT molecular complexity index is 448. The molecule has 1 aromatic rings. The predicted molar refractivity (Wildman–Crippen MR) is 71.5 cm³/mol. The Morgan fingerprint density at radius 1 is 1.32 bits per heavy atom. The summed E-state index contributed by atoms with van der Waals surface area (Å²) in [5.74, 6) is 0.280. The van der Waals surface area contributed by atoms with E-state index < -0.39 is 0 Å². The van der Waals surface area contributed by atoms with Gasteiger partial charge in [0, 0.05) is 24.8 Å². The van der Waals surface area contributed by atoms with Gasteiger partial charge < -0.3 is 15.5 Å². The molecule has 0 aromatic heterocycles. The SMILES string of the molecule is O=C(Nc1ccc(F)cc1)N1C[C@@H]2CCCN[C@@H]2C1. The summed E-state index contributed by atoms with van der Waals surface area (Å²) in [7, 11) is 0. The molecule has 2 amide bonds. The van der Waals surface area contributed by atoms with E-state index in [4.69, 9.17) is 0 Å². The standard InChI is InChI=1S/C14H18FN3O/c15-11-3-5-12(6-4-11)17-14(19)18-8-10-2-1-7-16-13(10)9-18/h3-6,10,13,16H,1-2,7-9H2,(H,17,19)/t10-,13+/m0/s1. The zero-order valence-electron chi connectivity index (χ0n) is 10.7. The van der Waals surface area contributed by atoms with Crippen molar-refractivity contribution in [1.82, 2.24) is 10.2 Å². The number of rotatable bonds is 1. The van der Waals surface area contributed by atoms with Crippen LogP contribution in [0.2, 0.25) is 0 Å². The van der Waals surface area contributed by atoms with Gasteiger partial charge in [0.05, 0.1) is 0 Å². The van der Waals surface area contributed by atoms with Crippen LogP contribution in [0.4, 0.5) is 14.9 Å². The zero-order valence-corrected chi connectivity index (χ0v) is 10.7. The largest absolute Gasteiger partial charge is 0.323 e. The number of likely N-dealkylation sites (tertiary alicyclic amines) is 1. The summed E-state index contributed by atoms with van der Waals surface area (Å²) in [4.78, 5) is 14.0. The van der Waals surface area contributed by atoms with Crippen molar-refractivity contribution in [1.29, 1.82) is 0 Å². The summed E-state index contributed by atoms with van der Waals surface area (Å²) in [6, 6.07) is 6.20. The fourth-order valence-corrected chi connectivity index (χ4v) is 2.95. The molecule has 2 atom stereocenters. The second kappa shape index (κ2) is 5.17. The van der Waals surface area contributed by atoms with Crippen molar-refractivity contribution in [3.63, 3.8) is 0 Å². The first-order valence-electron chi connectivity index (χ1n) is 6.77. The lowest BCUT2D eigenvalue weighted by atomic mass is 9.94. The number of hydrogen-bond donors (Lipinski definition) is 2. The fraction of sp³-hybridized carbons (Fsp3) is 0.500. The van der Waals surface area contributed by atoms with E-state index in [1.807, 2.05) is 4.90 Å². The van der Waals surface area contributed by atoms with Gasteiger partial charge in [0.2, 0.25) is 0 Å². The molecule has 2 saturated heterocycles. The molecule has 0 bridgehead atoms. The highest BCUT2D eigenvalue weighted by Crippen LogP contribution is 2.25. The van der Waals surface area contributed by atoms with E-state index in [0.29, 0.717) is 17.6 Å². The molecule has 102 valence electrons. The van der Waals surface area contributed by atoms with Gasteiger partial charge in [-0.1, -0.05) is 0 Å². The van der Waals surface area contributed by atoms with Gasteiger partial charge in [-0.05, 0) is 49.6 Å². The quantitative estimate of drug-likeness (QED) is 0.814. The van der Waals surface area contributed by atoms with Gasteiger partial charge in [-0.15, -0.1) is 0 Å². The molecule has 0 saturated carbocycles. The molecule has 19 heavy (non-hydrogen) atoms. The van der Waals surface area contributed by atoms with E-state index in [2.05, 4.69) is 10.6 Å². The molecule has 2 aliphatic rings. The third kappa shape index (κ3) is 2.71. The predicted octanol–water partition coefficient (Wildman–Crippen LogP) is 2.04. The minimum absolute atomic E-state index is 0.0946. The first kappa shape index (κ1) is 12.4. The molecule has 1 aromatic carbocycles. The molecular weight excluding hydrogens is 245 g/mol. The highest BCUT2D eigenvalue weighted by atomic mass is 19.1. The number of hydrogen-bond acceptors (Lipinski definition) is 2. The number of carbonyl (C=O) groups is 1. The summed E-state index contributed by atoms with van der Waals surface area (Å²) >= 11 is 0. The maximum atomic E-state index is 12.8. The van der Waals surface area contributed by atoms with Gasteiger partial charge in [0.25, 0.3) is 0 Å². The molecule has 4 nitrogen and oxygen atoms in total. The number of nitrogens with zero attached hydrogens (tertiary/aromatic N) is 1. The topological polar surface area (TPSA) is 44.4 Å². The molecule has 0 radical (unpaired) electrons. The second-order valence-electron chi connectivity index (χ2n) is 5.30. The molecule has 5 heteroatoms. The van der Waals surface area contributed by atoms with Crippen LogP contribution in [0.5, 0.6) is 0 Å². The van der Waals surface area contributed by atoms with Crippen LogP contribution >= 0.6 is 0 Å². The van der Waals surface area contributed by atoms with E-state index >= 15 is 0 Å². The number of fused-ring (bicyclic) bond motifs is 1. The van der Waals surface area contributed by atoms with Crippen LogP contribution in [-0.4, -0.2) is 36.6 Å². The number of amides is 2. The lowest BCUT2D eigenvalue weighted by Crippen LogP contribution is -2.41. The molecule has 2 N–H and O–H groups in total. The van der Waals surface area contributed by atoms with E-state index in [-0.39, 0.29) is 11.8 Å². The third-order valence-electron chi connectivity index (χ3n) is 3.98. The molecule has 0 unspecified atom stereocenters. The number of halogens is 1. The Morgan fingerprint density at radius 2 is 2.11 bits per heavy atom. The third-order valence-corrected chi connectivity index (χ3v) is 3.98. The molecular formula is C14H18FN3O. The van der Waals surface area contributed by atoms with Crippen molar-refractivity contribution in [3.8, 4) is 0 Å². The van der Waals surface area contributed by atoms with Gasteiger partial charge in [0.1, 0.15) is 5.82 Å². The van der Waals surface area contributed by atoms with Crippen molar-refractivity contribution < 1.29 is 9.18 Å². The Labute approximate surface area is 112 Å². The van der Waals surface area contributed by atoms with Gasteiger partial charge in [-0.2, -0.15) is 0 Å². The summed E-state index contributed by atoms with van der Waals surface area (Å²) < 4.78 is 12.8. The highest BCUT2D eigenvalue weighted by Gasteiger charge is 2.36. The first-order chi connectivity index (χ1) is 9.22. The van der Waals surface area contributed by atoms with Crippen LogP contribution in [0.25, 0.3) is 0 Å². The Balaban J connectivity index is 1.60. The molecule has 0 spiro atoms. The molecule has 2 heterocycles. The van der Waals surface area contributed by atoms with E-state index in [0.717, 1.165) is 19.6 Å². The minimum atomic E-state index is -0.297. The van der Waals surface area contributed by atoms with Crippen molar-refractivity contribution >= 4 is 11.7 Å². The molecule has 2 fully saturated rings. The van der Waals surface area contributed by atoms with Gasteiger partial charge in [-0.3, -0.25) is 0 Å². The Hall–Kier alpha value is -1.62. The van der Waals surface area contributed by atoms with E-state index in [9.17, 15) is 9.18 Å². The van der Waals surface area contributed by atoms with Crippen LogP contribution in [0.15, 0.2) is 24.3 Å². The second-order valence-corrected chi connectivity index (χ2v) is 5.30. The lowest BCUT2D eigenvalue weighted by molar-refractivity contribution is 0.220. The number of piperidine rings is 1. The number of nitrogens with one attached hydrogen (secondary N) is 2. The highest BCUT2D eigenvalue weighted by molar-refractivity contribution is 5.89. The summed E-state index contributed by atoms with van der Waals surface area (Å²) in [6.07, 6.45) is 2.38. The average molecular weight is 263 g/mol. The van der Waals surface area contributed by atoms with Gasteiger partial charge in [-0.25, -0.2) is 9.18 Å². The molecule has 2 aliphatic heterocycles. The number of carbonyl (C=O) groups excluding carboxylic acids is 1. The van der Waals surface area contributed by atoms with E-state index in [1.54, 1.807) is 12.1 Å². The van der Waals surface area contributed by atoms with Crippen molar-refractivity contribution in [2.45, 2.75) is 18.9 Å². The fourth-order valence-electron chi connectivity index (χ4n) is 2.95. The summed E-state index contributed by atoms with van der Waals surface area (Å²) in [5, 5.41) is 6.28. The summed E-state index contributed by atoms with van der Waals surface area (Å²) in [6.45, 7) is 2.62. The smallest absolute Gasteiger partial charge is 0.321 e. The Morgan fingerprint density at radius 3 is 2.84 bits per heavy atom. The van der Waals surface area contributed by atoms with Gasteiger partial charge in [0.15, 0.2) is 0 Å². The van der Waals surface area contributed by atoms with Crippen molar-refractivity contribution in [3.05, 3.63) is 30.1 Å². The minimum Gasteiger partial charge on any atom is -0.323 e. The average Bonchev–Trinajstić information content (AvgIpc) is 2.85. The van der Waals surface area contributed by atoms with Crippen LogP contribution in [0.1, 0.15) is 12.8 Å². The first-order valence-corrected chi connectivity index (χ1v) is 6.77. The maximum absolute atomic E-state index is 12.8. The Kier molecular flexibility index (Phi) is 3.38. The van der Waals surface area contributed by atoms with E-state index in [1.165, 1.54) is 25.0 Å². The number of benzene rings is 1. The van der Waals surface area contributed by atoms with Crippen LogP contribution in [0, 0.1) is 11.7 Å². The van der Waals surface area contributed by atoms with Gasteiger partial charge >= 0.3 is 6.03 Å². The normalized spacial score (nSPS) is 26.1. The zero-order chi connectivity index (χ0) is 13.2.